The molecule has 0 aromatic heterocycles. The topological polar surface area (TPSA) is 127 Å². The summed E-state index contributed by atoms with van der Waals surface area (Å²) in [5.74, 6) is -3.96. The van der Waals surface area contributed by atoms with Gasteiger partial charge in [0.25, 0.3) is 0 Å². The van der Waals surface area contributed by atoms with Crippen molar-refractivity contribution in [1.29, 1.82) is 0 Å². The maximum atomic E-state index is 14.0. The van der Waals surface area contributed by atoms with Gasteiger partial charge in [-0.25, -0.2) is 8.42 Å². The molecule has 2 N–H and O–H groups in total. The Labute approximate surface area is 319 Å². The molecule has 0 aliphatic heterocycles. The Balaban J connectivity index is 1.32. The second-order valence-corrected chi connectivity index (χ2v) is 19.3. The number of carbonyl (C=O) groups is 2. The number of benzene rings is 3. The van der Waals surface area contributed by atoms with Crippen molar-refractivity contribution in [3.8, 4) is 0 Å². The molecule has 54 heavy (non-hydrogen) atoms. The quantitative estimate of drug-likeness (QED) is 0.128. The third kappa shape index (κ3) is 5.94. The van der Waals surface area contributed by atoms with Crippen LogP contribution in [0.1, 0.15) is 70.6 Å². The fourth-order valence-corrected chi connectivity index (χ4v) is 11.1. The van der Waals surface area contributed by atoms with Crippen LogP contribution in [0.15, 0.2) is 114 Å². The molecule has 4 aliphatic rings. The van der Waals surface area contributed by atoms with Gasteiger partial charge in [-0.3, -0.25) is 9.59 Å². The lowest BCUT2D eigenvalue weighted by molar-refractivity contribution is -0.188. The van der Waals surface area contributed by atoms with Crippen molar-refractivity contribution in [3.63, 3.8) is 0 Å². The van der Waals surface area contributed by atoms with Crippen molar-refractivity contribution in [2.45, 2.75) is 76.3 Å². The summed E-state index contributed by atoms with van der Waals surface area (Å²) in [6.45, 7) is 9.40. The first-order chi connectivity index (χ1) is 25.4. The van der Waals surface area contributed by atoms with Gasteiger partial charge in [0.2, 0.25) is 0 Å². The molecule has 8 atom stereocenters. The fraction of sp³-hybridized carbons (Fsp3) is 0.467. The van der Waals surface area contributed by atoms with Crippen LogP contribution >= 0.6 is 0 Å². The number of aliphatic hydroxyl groups is 2. The Bertz CT molecular complexity index is 2000. The Morgan fingerprint density at radius 1 is 0.907 bits per heavy atom. The van der Waals surface area contributed by atoms with Crippen LogP contribution < -0.4 is 0 Å². The Morgan fingerprint density at radius 2 is 1.43 bits per heavy atom. The summed E-state index contributed by atoms with van der Waals surface area (Å²) in [5.41, 5.74) is -2.22. The molecule has 0 amide bonds. The van der Waals surface area contributed by atoms with E-state index in [1.54, 1.807) is 19.9 Å². The van der Waals surface area contributed by atoms with Gasteiger partial charge in [-0.2, -0.15) is 0 Å². The molecular weight excluding hydrogens is 701 g/mol. The minimum atomic E-state index is -3.27. The number of hydrogen-bond donors (Lipinski definition) is 2. The van der Waals surface area contributed by atoms with E-state index in [1.165, 1.54) is 0 Å². The molecule has 8 nitrogen and oxygen atoms in total. The highest BCUT2D eigenvalue weighted by Gasteiger charge is 2.83. The van der Waals surface area contributed by atoms with Crippen LogP contribution in [0.25, 0.3) is 0 Å². The van der Waals surface area contributed by atoms with Crippen LogP contribution in [-0.4, -0.2) is 65.8 Å². The van der Waals surface area contributed by atoms with Gasteiger partial charge in [-0.1, -0.05) is 131 Å². The van der Waals surface area contributed by atoms with Gasteiger partial charge in [0.05, 0.1) is 23.9 Å². The summed E-state index contributed by atoms with van der Waals surface area (Å²) < 4.78 is 37.5. The van der Waals surface area contributed by atoms with Crippen molar-refractivity contribution in [2.24, 2.45) is 35.0 Å². The minimum absolute atomic E-state index is 0.0312. The van der Waals surface area contributed by atoms with Crippen LogP contribution in [-0.2, 0) is 34.5 Å². The second kappa shape index (κ2) is 13.4. The minimum Gasteiger partial charge on any atom is -0.458 e. The second-order valence-electron chi connectivity index (χ2n) is 17.0. The van der Waals surface area contributed by atoms with Crippen molar-refractivity contribution >= 4 is 21.6 Å². The number of ketones is 1. The van der Waals surface area contributed by atoms with Gasteiger partial charge in [-0.05, 0) is 53.5 Å². The maximum absolute atomic E-state index is 14.0. The number of Topliss-reactive ketones (excluding diaryl/α,β-unsaturated/α-hetero) is 1. The molecule has 0 spiro atoms. The highest BCUT2D eigenvalue weighted by molar-refractivity contribution is 7.90. The molecule has 0 heterocycles. The van der Waals surface area contributed by atoms with Crippen LogP contribution in [0.2, 0.25) is 0 Å². The fourth-order valence-electron chi connectivity index (χ4n) is 10.3. The number of sulfone groups is 1. The number of ether oxygens (including phenoxy) is 2. The zero-order valence-electron chi connectivity index (χ0n) is 32.0. The molecule has 7 rings (SSSR count). The Hall–Kier alpha value is -3.89. The Kier molecular flexibility index (Phi) is 9.52. The van der Waals surface area contributed by atoms with Crippen molar-refractivity contribution in [3.05, 3.63) is 131 Å². The van der Waals surface area contributed by atoms with Crippen LogP contribution in [0.4, 0.5) is 0 Å². The van der Waals surface area contributed by atoms with Gasteiger partial charge in [-0.15, -0.1) is 0 Å². The first-order valence-electron chi connectivity index (χ1n) is 19.0. The van der Waals surface area contributed by atoms with E-state index < -0.39 is 73.1 Å². The Morgan fingerprint density at radius 3 is 1.93 bits per heavy atom. The summed E-state index contributed by atoms with van der Waals surface area (Å²) in [5, 5.41) is 25.6. The molecule has 3 aromatic rings. The van der Waals surface area contributed by atoms with E-state index in [0.29, 0.717) is 17.6 Å². The summed E-state index contributed by atoms with van der Waals surface area (Å²) in [6, 6.07) is 30.0. The summed E-state index contributed by atoms with van der Waals surface area (Å²) in [4.78, 5) is 27.6. The van der Waals surface area contributed by atoms with Gasteiger partial charge in [0.15, 0.2) is 5.78 Å². The van der Waals surface area contributed by atoms with E-state index in [4.69, 9.17) is 9.47 Å². The van der Waals surface area contributed by atoms with Crippen molar-refractivity contribution in [1.82, 2.24) is 0 Å². The lowest BCUT2D eigenvalue weighted by atomic mass is 9.60. The lowest BCUT2D eigenvalue weighted by Crippen LogP contribution is -2.61. The predicted octanol–water partition coefficient (Wildman–Crippen LogP) is 6.60. The van der Waals surface area contributed by atoms with Gasteiger partial charge in [0, 0.05) is 35.8 Å². The average molecular weight is 753 g/mol. The number of carbonyl (C=O) groups excluding carboxylic acids is 2. The van der Waals surface area contributed by atoms with Crippen molar-refractivity contribution < 1.29 is 37.7 Å². The molecule has 0 unspecified atom stereocenters. The number of rotatable bonds is 11. The molecule has 0 saturated heterocycles. The zero-order chi connectivity index (χ0) is 38.9. The first-order valence-corrected chi connectivity index (χ1v) is 21.1. The van der Waals surface area contributed by atoms with E-state index in [2.05, 4.69) is 0 Å². The van der Waals surface area contributed by atoms with Crippen LogP contribution in [0.5, 0.6) is 0 Å². The largest absolute Gasteiger partial charge is 0.458 e. The van der Waals surface area contributed by atoms with Crippen LogP contribution in [0, 0.1) is 35.0 Å². The maximum Gasteiger partial charge on any atom is 0.309 e. The summed E-state index contributed by atoms with van der Waals surface area (Å²) in [7, 11) is -3.27. The van der Waals surface area contributed by atoms with Gasteiger partial charge < -0.3 is 19.7 Å². The highest BCUT2D eigenvalue weighted by atomic mass is 32.2. The standard InChI is InChI=1S/C45H52O8S/c1-29(22-23-54(6,50)51)40(47)53-43-26-31(3)44(49)36(38(43)41(43,4)5)25-32(27-42(48)37(44)24-30(2)39(42)46)28-52-45(33-16-10-7-11-17-33,34-18-12-8-13-19-34)35-20-14-9-15-21-35/h7-21,24-25,29,31,36-38,48-49H,22-23,26-28H2,1-6H3/t29-,31+,36-,37+,38+,42+,43-,44+/m0/s1. The molecule has 3 aromatic carbocycles. The third-order valence-electron chi connectivity index (χ3n) is 13.3. The highest BCUT2D eigenvalue weighted by Crippen LogP contribution is 2.76. The van der Waals surface area contributed by atoms with E-state index in [9.17, 15) is 28.2 Å². The monoisotopic (exact) mass is 752 g/mol. The van der Waals surface area contributed by atoms with Crippen LogP contribution in [0.3, 0.4) is 0 Å². The molecule has 9 heteroatoms. The lowest BCUT2D eigenvalue weighted by Gasteiger charge is -2.50. The molecule has 0 bridgehead atoms. The third-order valence-corrected chi connectivity index (χ3v) is 14.3. The summed E-state index contributed by atoms with van der Waals surface area (Å²) in [6.07, 6.45) is 5.34. The predicted molar refractivity (Wildman–Crippen MR) is 207 cm³/mol. The van der Waals surface area contributed by atoms with Gasteiger partial charge >= 0.3 is 5.97 Å². The number of fused-ring (bicyclic) bond motifs is 5. The average Bonchev–Trinajstić information content (AvgIpc) is 3.55. The normalized spacial score (nSPS) is 31.9. The molecule has 0 radical (unpaired) electrons. The van der Waals surface area contributed by atoms with Gasteiger partial charge in [0.1, 0.15) is 26.6 Å². The SMILES string of the molecule is CC1=C[C@H]2[C@@]3(O)[C@H](C)C[C@]4(OC(=O)[C@@H](C)CCS(C)(=O)=O)[C@H]([C@@H]3C=C(COC(c3ccccc3)(c3ccccc3)c3ccccc3)C[C@]2(O)C1=O)C4(C)C. The first kappa shape index (κ1) is 38.4. The number of esters is 1. The molecule has 2 saturated carbocycles. The number of hydrogen-bond acceptors (Lipinski definition) is 8. The molecular formula is C45H52O8S. The zero-order valence-corrected chi connectivity index (χ0v) is 32.8. The summed E-state index contributed by atoms with van der Waals surface area (Å²) >= 11 is 0. The molecule has 2 fully saturated rings. The van der Waals surface area contributed by atoms with E-state index in [1.807, 2.05) is 118 Å². The van der Waals surface area contributed by atoms with E-state index in [-0.39, 0.29) is 31.1 Å². The molecule has 4 aliphatic carbocycles. The molecule has 286 valence electrons. The smallest absolute Gasteiger partial charge is 0.309 e. The van der Waals surface area contributed by atoms with Crippen molar-refractivity contribution in [2.75, 3.05) is 18.6 Å². The van der Waals surface area contributed by atoms with E-state index >= 15 is 0 Å². The van der Waals surface area contributed by atoms with E-state index in [0.717, 1.165) is 22.9 Å².